The van der Waals surface area contributed by atoms with Crippen LogP contribution in [0.2, 0.25) is 0 Å². The number of hydrogen-bond acceptors (Lipinski definition) is 15. The molecule has 15 heteroatoms. The average molecular weight is 695 g/mol. The van der Waals surface area contributed by atoms with Gasteiger partial charge in [0, 0.05) is 37.8 Å². The second kappa shape index (κ2) is 18.8. The van der Waals surface area contributed by atoms with E-state index >= 15 is 0 Å². The van der Waals surface area contributed by atoms with Gasteiger partial charge >= 0.3 is 17.9 Å². The maximum atomic E-state index is 11.6. The van der Waals surface area contributed by atoms with Crippen LogP contribution in [0.15, 0.2) is 48.5 Å². The maximum absolute atomic E-state index is 11.6. The zero-order valence-electron chi connectivity index (χ0n) is 28.0. The Hall–Kier alpha value is -3.83. The lowest BCUT2D eigenvalue weighted by atomic mass is 9.83. The Morgan fingerprint density at radius 2 is 1.22 bits per heavy atom. The molecule has 10 atom stereocenters. The van der Waals surface area contributed by atoms with Crippen molar-refractivity contribution < 1.29 is 73.1 Å². The lowest BCUT2D eigenvalue weighted by Gasteiger charge is -2.43. The molecule has 2 saturated heterocycles. The number of ether oxygens (including phenoxy) is 7. The van der Waals surface area contributed by atoms with Gasteiger partial charge in [-0.3, -0.25) is 14.4 Å². The smallest absolute Gasteiger partial charge is 0.303 e. The lowest BCUT2D eigenvalue weighted by Crippen LogP contribution is -2.60. The van der Waals surface area contributed by atoms with Crippen LogP contribution in [-0.2, 0) is 51.3 Å². The van der Waals surface area contributed by atoms with E-state index in [2.05, 4.69) is 0 Å². The van der Waals surface area contributed by atoms with Crippen molar-refractivity contribution in [2.45, 2.75) is 97.0 Å². The Morgan fingerprint density at radius 3 is 1.80 bits per heavy atom. The predicted molar refractivity (Wildman–Crippen MR) is 168 cm³/mol. The normalized spacial score (nSPS) is 29.4. The van der Waals surface area contributed by atoms with E-state index < -0.39 is 73.7 Å². The van der Waals surface area contributed by atoms with Gasteiger partial charge in [-0.1, -0.05) is 50.2 Å². The molecule has 0 spiro atoms. The van der Waals surface area contributed by atoms with Crippen molar-refractivity contribution in [1.82, 2.24) is 0 Å². The van der Waals surface area contributed by atoms with Gasteiger partial charge in [0.15, 0.2) is 6.10 Å². The highest BCUT2D eigenvalue weighted by Gasteiger charge is 2.46. The summed E-state index contributed by atoms with van der Waals surface area (Å²) in [5.74, 6) is -0.676. The van der Waals surface area contributed by atoms with Crippen molar-refractivity contribution in [3.63, 3.8) is 0 Å². The van der Waals surface area contributed by atoms with Gasteiger partial charge in [-0.05, 0) is 18.1 Å². The topological polar surface area (TPSA) is 217 Å². The fraction of sp³-hybridized carbons (Fsp3) is 0.559. The largest absolute Gasteiger partial charge is 0.463 e. The zero-order valence-corrected chi connectivity index (χ0v) is 28.0. The zero-order chi connectivity index (χ0) is 36.2. The van der Waals surface area contributed by atoms with E-state index in [0.29, 0.717) is 22.6 Å². The first-order chi connectivity index (χ1) is 23.3. The molecule has 0 bridgehead atoms. The highest BCUT2D eigenvalue weighted by atomic mass is 16.7. The van der Waals surface area contributed by atoms with Crippen molar-refractivity contribution in [2.24, 2.45) is 11.8 Å². The molecule has 2 aliphatic heterocycles. The second-order valence-electron chi connectivity index (χ2n) is 11.7. The molecule has 0 aromatic heterocycles. The summed E-state index contributed by atoms with van der Waals surface area (Å²) in [5, 5.41) is 47.4. The van der Waals surface area contributed by atoms with E-state index in [0.717, 1.165) is 0 Å². The van der Waals surface area contributed by atoms with E-state index in [-0.39, 0.29) is 31.7 Å². The number of aliphatic hydroxyl groups is 5. The van der Waals surface area contributed by atoms with Crippen LogP contribution in [0.25, 0.3) is 0 Å². The molecular formula is C34H46O15. The minimum atomic E-state index is -1.49. The molecule has 0 amide bonds. The van der Waals surface area contributed by atoms with Crippen LogP contribution in [0.1, 0.15) is 45.7 Å². The van der Waals surface area contributed by atoms with Crippen molar-refractivity contribution in [3.8, 4) is 11.5 Å². The van der Waals surface area contributed by atoms with Crippen molar-refractivity contribution in [2.75, 3.05) is 13.2 Å². The monoisotopic (exact) mass is 694 g/mol. The van der Waals surface area contributed by atoms with Gasteiger partial charge in [0.05, 0.1) is 19.3 Å². The number of rotatable bonds is 11. The highest BCUT2D eigenvalue weighted by Crippen LogP contribution is 2.35. The molecule has 4 rings (SSSR count). The lowest BCUT2D eigenvalue weighted by molar-refractivity contribution is -0.277. The molecule has 2 aromatic rings. The molecule has 2 aliphatic rings. The molecule has 0 saturated carbocycles. The predicted octanol–water partition coefficient (Wildman–Crippen LogP) is 0.978. The van der Waals surface area contributed by atoms with Crippen LogP contribution < -0.4 is 9.47 Å². The summed E-state index contributed by atoms with van der Waals surface area (Å²) in [4.78, 5) is 34.0. The van der Waals surface area contributed by atoms with Crippen LogP contribution in [0.5, 0.6) is 11.5 Å². The summed E-state index contributed by atoms with van der Waals surface area (Å²) >= 11 is 0. The summed E-state index contributed by atoms with van der Waals surface area (Å²) in [5.41, 5.74) is 1.14. The number of hydrogen-bond donors (Lipinski definition) is 5. The van der Waals surface area contributed by atoms with Gasteiger partial charge in [0.2, 0.25) is 12.6 Å². The molecule has 5 N–H and O–H groups in total. The quantitative estimate of drug-likeness (QED) is 0.164. The van der Waals surface area contributed by atoms with Gasteiger partial charge in [0.25, 0.3) is 0 Å². The molecule has 10 unspecified atom stereocenters. The summed E-state index contributed by atoms with van der Waals surface area (Å²) < 4.78 is 38.4. The first kappa shape index (κ1) is 39.6. The van der Waals surface area contributed by atoms with Crippen LogP contribution >= 0.6 is 0 Å². The van der Waals surface area contributed by atoms with E-state index in [1.807, 2.05) is 13.8 Å². The number of aliphatic hydroxyl groups excluding tert-OH is 5. The fourth-order valence-corrected chi connectivity index (χ4v) is 5.18. The Bertz CT molecular complexity index is 1360. The van der Waals surface area contributed by atoms with E-state index in [9.17, 15) is 34.8 Å². The molecule has 2 heterocycles. The highest BCUT2D eigenvalue weighted by molar-refractivity contribution is 5.66. The molecule has 0 radical (unpaired) electrons. The first-order valence-corrected chi connectivity index (χ1v) is 15.8. The van der Waals surface area contributed by atoms with Gasteiger partial charge in [-0.25, -0.2) is 0 Å². The van der Waals surface area contributed by atoms with Crippen molar-refractivity contribution >= 4 is 17.9 Å². The Labute approximate surface area is 284 Å². The SMILES string of the molecule is CC(=O)OCc1ccccc1OC1OC(COC(C)=O)C(C)C(C)C1OC(C)=O.OCc1ccccc1OC1OC(CO)C(O)C(O)C1O. The number of carbonyl (C=O) groups excluding carboxylic acids is 3. The van der Waals surface area contributed by atoms with Crippen LogP contribution in [0, 0.1) is 11.8 Å². The summed E-state index contributed by atoms with van der Waals surface area (Å²) in [6.45, 7) is 7.20. The maximum Gasteiger partial charge on any atom is 0.303 e. The minimum absolute atomic E-state index is 0.0410. The van der Waals surface area contributed by atoms with Gasteiger partial charge < -0.3 is 58.7 Å². The molecular weight excluding hydrogens is 648 g/mol. The van der Waals surface area contributed by atoms with Crippen molar-refractivity contribution in [1.29, 1.82) is 0 Å². The third-order valence-corrected chi connectivity index (χ3v) is 8.15. The summed E-state index contributed by atoms with van der Waals surface area (Å²) in [6, 6.07) is 13.7. The number of para-hydroxylation sites is 2. The first-order valence-electron chi connectivity index (χ1n) is 15.8. The van der Waals surface area contributed by atoms with E-state index in [4.69, 9.17) is 38.3 Å². The molecule has 272 valence electrons. The third-order valence-electron chi connectivity index (χ3n) is 8.15. The summed E-state index contributed by atoms with van der Waals surface area (Å²) in [7, 11) is 0. The van der Waals surface area contributed by atoms with Crippen LogP contribution in [0.4, 0.5) is 0 Å². The Balaban J connectivity index is 0.000000284. The molecule has 2 fully saturated rings. The van der Waals surface area contributed by atoms with E-state index in [1.165, 1.54) is 20.8 Å². The number of carbonyl (C=O) groups is 3. The molecule has 2 aromatic carbocycles. The average Bonchev–Trinajstić information content (AvgIpc) is 3.07. The Morgan fingerprint density at radius 1 is 0.673 bits per heavy atom. The molecule has 0 aliphatic carbocycles. The van der Waals surface area contributed by atoms with E-state index in [1.54, 1.807) is 48.5 Å². The minimum Gasteiger partial charge on any atom is -0.463 e. The summed E-state index contributed by atoms with van der Waals surface area (Å²) in [6.07, 6.45) is -8.67. The van der Waals surface area contributed by atoms with Crippen molar-refractivity contribution in [3.05, 3.63) is 59.7 Å². The van der Waals surface area contributed by atoms with Crippen LogP contribution in [0.3, 0.4) is 0 Å². The number of esters is 3. The van der Waals surface area contributed by atoms with Gasteiger partial charge in [-0.2, -0.15) is 0 Å². The molecule has 49 heavy (non-hydrogen) atoms. The molecule has 15 nitrogen and oxygen atoms in total. The Kier molecular flexibility index (Phi) is 15.2. The number of benzene rings is 2. The van der Waals surface area contributed by atoms with Gasteiger partial charge in [-0.15, -0.1) is 0 Å². The van der Waals surface area contributed by atoms with Gasteiger partial charge in [0.1, 0.15) is 49.1 Å². The fourth-order valence-electron chi connectivity index (χ4n) is 5.18. The standard InChI is InChI=1S/C21H28O8.C13H18O7/c1-12-13(2)20(27-16(5)24)21(29-19(12)11-26-15(4)23)28-18-9-7-6-8-17(18)10-25-14(3)22;14-5-7-3-1-2-4-8(7)19-13-12(18)11(17)10(16)9(6-15)20-13/h6-9,12-13,19-21H,10-11H2,1-5H3;1-4,9-18H,5-6H2. The third kappa shape index (κ3) is 11.1. The van der Waals surface area contributed by atoms with Crippen LogP contribution in [-0.4, -0.2) is 106 Å². The second-order valence-corrected chi connectivity index (χ2v) is 11.7.